The van der Waals surface area contributed by atoms with E-state index in [2.05, 4.69) is 0 Å². The molecule has 0 spiro atoms. The first-order valence-corrected chi connectivity index (χ1v) is 9.09. The van der Waals surface area contributed by atoms with Crippen molar-refractivity contribution in [3.05, 3.63) is 65.7 Å². The maximum Gasteiger partial charge on any atom is 0.309 e. The smallest absolute Gasteiger partial charge is 0.309 e. The van der Waals surface area contributed by atoms with Crippen molar-refractivity contribution in [3.8, 4) is 5.75 Å². The molecule has 0 aromatic heterocycles. The Hall–Kier alpha value is -2.82. The van der Waals surface area contributed by atoms with E-state index in [1.807, 2.05) is 54.6 Å². The molecular formula is C22H25NO4. The van der Waals surface area contributed by atoms with Crippen molar-refractivity contribution in [2.24, 2.45) is 5.92 Å². The van der Waals surface area contributed by atoms with E-state index in [1.54, 1.807) is 26.1 Å². The van der Waals surface area contributed by atoms with Crippen LogP contribution in [0.1, 0.15) is 29.4 Å². The first-order chi connectivity index (χ1) is 13.0. The summed E-state index contributed by atoms with van der Waals surface area (Å²) in [7, 11) is 5.11. The fourth-order valence-corrected chi connectivity index (χ4v) is 3.76. The van der Waals surface area contributed by atoms with Crippen molar-refractivity contribution >= 4 is 11.9 Å². The molecule has 2 aromatic rings. The minimum absolute atomic E-state index is 0.0262. The number of benzene rings is 2. The molecule has 0 aliphatic carbocycles. The molecule has 3 rings (SSSR count). The number of likely N-dealkylation sites (N-methyl/N-ethyl adjacent to an activating group) is 1. The third-order valence-corrected chi connectivity index (χ3v) is 5.13. The van der Waals surface area contributed by atoms with Crippen LogP contribution in [0.3, 0.4) is 0 Å². The van der Waals surface area contributed by atoms with E-state index < -0.39 is 5.92 Å². The summed E-state index contributed by atoms with van der Waals surface area (Å²) in [6.45, 7) is 0.397. The zero-order chi connectivity index (χ0) is 19.4. The molecule has 3 atom stereocenters. The van der Waals surface area contributed by atoms with Crippen LogP contribution in [0.4, 0.5) is 0 Å². The summed E-state index contributed by atoms with van der Waals surface area (Å²) in [4.78, 5) is 27.3. The van der Waals surface area contributed by atoms with Gasteiger partial charge in [0.1, 0.15) is 5.75 Å². The van der Waals surface area contributed by atoms with Gasteiger partial charge in [0.05, 0.1) is 25.6 Å². The quantitative estimate of drug-likeness (QED) is 0.736. The van der Waals surface area contributed by atoms with Gasteiger partial charge in [-0.25, -0.2) is 0 Å². The lowest BCUT2D eigenvalue weighted by molar-refractivity contribution is -0.142. The molecule has 5 nitrogen and oxygen atoms in total. The lowest BCUT2D eigenvalue weighted by Gasteiger charge is -2.32. The topological polar surface area (TPSA) is 55.8 Å². The number of nitrogens with zero attached hydrogens (tertiary/aromatic N) is 1. The second kappa shape index (κ2) is 8.25. The molecule has 142 valence electrons. The Morgan fingerprint density at radius 3 is 2.26 bits per heavy atom. The van der Waals surface area contributed by atoms with Gasteiger partial charge in [-0.15, -0.1) is 0 Å². The minimum Gasteiger partial charge on any atom is -0.497 e. The van der Waals surface area contributed by atoms with Crippen molar-refractivity contribution in [3.63, 3.8) is 0 Å². The highest BCUT2D eigenvalue weighted by Crippen LogP contribution is 2.43. The summed E-state index contributed by atoms with van der Waals surface area (Å²) in [6, 6.07) is 17.3. The van der Waals surface area contributed by atoms with E-state index >= 15 is 0 Å². The van der Waals surface area contributed by atoms with E-state index in [-0.39, 0.29) is 23.7 Å². The summed E-state index contributed by atoms with van der Waals surface area (Å²) in [5, 5.41) is 0. The van der Waals surface area contributed by atoms with Crippen LogP contribution in [0.2, 0.25) is 0 Å². The molecule has 5 heteroatoms. The van der Waals surface area contributed by atoms with Gasteiger partial charge in [0.25, 0.3) is 0 Å². The highest BCUT2D eigenvalue weighted by molar-refractivity contribution is 5.86. The predicted octanol–water partition coefficient (Wildman–Crippen LogP) is 3.21. The molecule has 27 heavy (non-hydrogen) atoms. The van der Waals surface area contributed by atoms with Crippen LogP contribution < -0.4 is 4.74 Å². The number of rotatable bonds is 6. The van der Waals surface area contributed by atoms with Crippen molar-refractivity contribution in [1.82, 2.24) is 4.90 Å². The molecule has 0 N–H and O–H groups in total. The third kappa shape index (κ3) is 3.97. The first kappa shape index (κ1) is 19.0. The number of cyclic esters (lactones) is 1. The highest BCUT2D eigenvalue weighted by atomic mass is 16.5. The summed E-state index contributed by atoms with van der Waals surface area (Å²) in [6.07, 6.45) is 0.611. The zero-order valence-electron chi connectivity index (χ0n) is 15.9. The van der Waals surface area contributed by atoms with Crippen LogP contribution in [0, 0.1) is 5.92 Å². The van der Waals surface area contributed by atoms with Crippen LogP contribution >= 0.6 is 0 Å². The maximum atomic E-state index is 13.2. The predicted molar refractivity (Wildman–Crippen MR) is 103 cm³/mol. The number of methoxy groups -OCH3 is 1. The Morgan fingerprint density at radius 1 is 1.07 bits per heavy atom. The largest absolute Gasteiger partial charge is 0.497 e. The second-order valence-corrected chi connectivity index (χ2v) is 6.98. The molecule has 2 aromatic carbocycles. The Labute approximate surface area is 159 Å². The van der Waals surface area contributed by atoms with Crippen LogP contribution in [0.5, 0.6) is 5.75 Å². The first-order valence-electron chi connectivity index (χ1n) is 9.09. The number of ether oxygens (including phenoxy) is 2. The van der Waals surface area contributed by atoms with Crippen molar-refractivity contribution in [1.29, 1.82) is 0 Å². The van der Waals surface area contributed by atoms with Crippen molar-refractivity contribution in [2.75, 3.05) is 27.8 Å². The number of esters is 1. The fraction of sp³-hybridized carbons (Fsp3) is 0.364. The van der Waals surface area contributed by atoms with Gasteiger partial charge in [-0.1, -0.05) is 42.5 Å². The van der Waals surface area contributed by atoms with Gasteiger partial charge < -0.3 is 14.4 Å². The molecule has 1 aliphatic heterocycles. The summed E-state index contributed by atoms with van der Waals surface area (Å²) >= 11 is 0. The van der Waals surface area contributed by atoms with E-state index in [9.17, 15) is 9.59 Å². The van der Waals surface area contributed by atoms with E-state index in [1.165, 1.54) is 0 Å². The van der Waals surface area contributed by atoms with Gasteiger partial charge in [0.15, 0.2) is 0 Å². The molecule has 0 bridgehead atoms. The fourth-order valence-electron chi connectivity index (χ4n) is 3.76. The average Bonchev–Trinajstić information content (AvgIpc) is 3.11. The molecule has 1 saturated heterocycles. The van der Waals surface area contributed by atoms with Crippen LogP contribution in [-0.2, 0) is 14.3 Å². The lowest BCUT2D eigenvalue weighted by Crippen LogP contribution is -2.35. The summed E-state index contributed by atoms with van der Waals surface area (Å²) < 4.78 is 10.5. The normalized spacial score (nSPS) is 18.5. The van der Waals surface area contributed by atoms with Crippen LogP contribution in [-0.4, -0.2) is 44.6 Å². The Kier molecular flexibility index (Phi) is 5.79. The maximum absolute atomic E-state index is 13.2. The molecule has 1 amide bonds. The molecule has 3 unspecified atom stereocenters. The number of hydrogen-bond acceptors (Lipinski definition) is 4. The van der Waals surface area contributed by atoms with Crippen molar-refractivity contribution < 1.29 is 19.1 Å². The minimum atomic E-state index is -0.467. The van der Waals surface area contributed by atoms with Gasteiger partial charge in [-0.3, -0.25) is 9.59 Å². The van der Waals surface area contributed by atoms with Gasteiger partial charge in [0, 0.05) is 20.0 Å². The van der Waals surface area contributed by atoms with Gasteiger partial charge in [0.2, 0.25) is 5.91 Å². The molecule has 1 aliphatic rings. The third-order valence-electron chi connectivity index (χ3n) is 5.13. The summed E-state index contributed by atoms with van der Waals surface area (Å²) in [5.74, 6) is -0.646. The van der Waals surface area contributed by atoms with E-state index in [4.69, 9.17) is 9.47 Å². The molecular weight excluding hydrogens is 342 g/mol. The van der Waals surface area contributed by atoms with E-state index in [0.29, 0.717) is 13.0 Å². The molecule has 1 fully saturated rings. The van der Waals surface area contributed by atoms with Gasteiger partial charge >= 0.3 is 5.97 Å². The van der Waals surface area contributed by atoms with Gasteiger partial charge in [-0.2, -0.15) is 0 Å². The number of carbonyl (C=O) groups is 2. The highest BCUT2D eigenvalue weighted by Gasteiger charge is 2.43. The average molecular weight is 367 g/mol. The molecule has 0 radical (unpaired) electrons. The Bertz CT molecular complexity index is 786. The number of amides is 1. The Balaban J connectivity index is 2.12. The SMILES string of the molecule is COc1ccc(C(C2CCOC2=O)C(C(=O)N(C)C)c2ccccc2)cc1. The summed E-state index contributed by atoms with van der Waals surface area (Å²) in [5.41, 5.74) is 1.83. The standard InChI is InChI=1S/C22H25NO4/c1-23(2)21(24)20(15-7-5-4-6-8-15)19(18-13-14-27-22(18)25)16-9-11-17(26-3)12-10-16/h4-12,18-20H,13-14H2,1-3H3. The van der Waals surface area contributed by atoms with Crippen LogP contribution in [0.25, 0.3) is 0 Å². The molecule has 0 saturated carbocycles. The number of hydrogen-bond donors (Lipinski definition) is 0. The molecule has 1 heterocycles. The van der Waals surface area contributed by atoms with E-state index in [0.717, 1.165) is 16.9 Å². The Morgan fingerprint density at radius 2 is 1.74 bits per heavy atom. The number of carbonyl (C=O) groups excluding carboxylic acids is 2. The zero-order valence-corrected chi connectivity index (χ0v) is 15.9. The monoisotopic (exact) mass is 367 g/mol. The lowest BCUT2D eigenvalue weighted by atomic mass is 9.72. The van der Waals surface area contributed by atoms with Crippen molar-refractivity contribution in [2.45, 2.75) is 18.3 Å². The van der Waals surface area contributed by atoms with Gasteiger partial charge in [-0.05, 0) is 29.7 Å². The second-order valence-electron chi connectivity index (χ2n) is 6.98. The van der Waals surface area contributed by atoms with Crippen LogP contribution in [0.15, 0.2) is 54.6 Å².